The van der Waals surface area contributed by atoms with Gasteiger partial charge in [0.2, 0.25) is 5.79 Å². The molecule has 0 bridgehead atoms. The molecule has 1 aliphatic rings. The minimum absolute atomic E-state index is 0.0775. The number of hydrogen-bond acceptors (Lipinski definition) is 6. The third-order valence-electron chi connectivity index (χ3n) is 6.69. The van der Waals surface area contributed by atoms with E-state index in [2.05, 4.69) is 4.98 Å². The zero-order valence-corrected chi connectivity index (χ0v) is 20.4. The van der Waals surface area contributed by atoms with E-state index in [1.54, 1.807) is 24.7 Å². The lowest BCUT2D eigenvalue weighted by atomic mass is 9.97. The van der Waals surface area contributed by atoms with Crippen LogP contribution < -0.4 is 0 Å². The number of imidazole rings is 1. The Morgan fingerprint density at radius 1 is 0.972 bits per heavy atom. The molecule has 7 nitrogen and oxygen atoms in total. The Kier molecular flexibility index (Phi) is 5.61. The van der Waals surface area contributed by atoms with Gasteiger partial charge in [-0.2, -0.15) is 8.42 Å². The summed E-state index contributed by atoms with van der Waals surface area (Å²) in [5, 5.41) is 3.75. The Labute approximate surface area is 209 Å². The van der Waals surface area contributed by atoms with Crippen molar-refractivity contribution in [1.82, 2.24) is 9.55 Å². The van der Waals surface area contributed by atoms with Gasteiger partial charge >= 0.3 is 0 Å². The molecule has 2 heterocycles. The Morgan fingerprint density at radius 3 is 2.44 bits per heavy atom. The average molecular weight is 501 g/mol. The second-order valence-corrected chi connectivity index (χ2v) is 10.4. The number of benzene rings is 4. The molecule has 36 heavy (non-hydrogen) atoms. The molecule has 0 radical (unpaired) electrons. The molecule has 0 N–H and O–H groups in total. The second-order valence-electron chi connectivity index (χ2n) is 8.75. The van der Waals surface area contributed by atoms with Crippen molar-refractivity contribution in [2.45, 2.75) is 23.3 Å². The third kappa shape index (κ3) is 3.79. The van der Waals surface area contributed by atoms with Crippen molar-refractivity contribution in [3.8, 4) is 0 Å². The van der Waals surface area contributed by atoms with Crippen LogP contribution in [0.1, 0.15) is 17.2 Å². The van der Waals surface area contributed by atoms with Gasteiger partial charge in [-0.05, 0) is 27.6 Å². The van der Waals surface area contributed by atoms with Crippen LogP contribution in [0.3, 0.4) is 0 Å². The van der Waals surface area contributed by atoms with E-state index < -0.39 is 22.0 Å². The van der Waals surface area contributed by atoms with Crippen molar-refractivity contribution in [3.63, 3.8) is 0 Å². The molecule has 1 aromatic heterocycles. The number of hydrogen-bond donors (Lipinski definition) is 0. The smallest absolute Gasteiger partial charge is 0.297 e. The fourth-order valence-corrected chi connectivity index (χ4v) is 5.98. The SMILES string of the molecule is COS(=O)(=O)c1ccc2ccccc2c1[C@@H]1CO[C@](Cn2ccnc2)(c2cccc3ccccc23)O1. The molecule has 4 aromatic carbocycles. The van der Waals surface area contributed by atoms with Gasteiger partial charge in [-0.1, -0.05) is 72.8 Å². The molecule has 0 spiro atoms. The summed E-state index contributed by atoms with van der Waals surface area (Å²) in [7, 11) is -2.83. The van der Waals surface area contributed by atoms with Gasteiger partial charge in [-0.15, -0.1) is 0 Å². The third-order valence-corrected chi connectivity index (χ3v) is 8.03. The molecule has 8 heteroatoms. The van der Waals surface area contributed by atoms with E-state index in [0.717, 1.165) is 27.1 Å². The first-order valence-corrected chi connectivity index (χ1v) is 13.0. The summed E-state index contributed by atoms with van der Waals surface area (Å²) in [5.41, 5.74) is 1.40. The van der Waals surface area contributed by atoms with Gasteiger partial charge in [0.1, 0.15) is 11.0 Å². The average Bonchev–Trinajstić information content (AvgIpc) is 3.58. The van der Waals surface area contributed by atoms with Crippen LogP contribution in [0, 0.1) is 0 Å². The molecule has 5 aromatic rings. The maximum absolute atomic E-state index is 13.0. The lowest BCUT2D eigenvalue weighted by Gasteiger charge is -2.30. The fraction of sp³-hybridized carbons (Fsp3) is 0.179. The van der Waals surface area contributed by atoms with E-state index in [1.165, 1.54) is 7.11 Å². The molecule has 1 saturated heterocycles. The normalized spacial score (nSPS) is 20.3. The lowest BCUT2D eigenvalue weighted by Crippen LogP contribution is -2.33. The van der Waals surface area contributed by atoms with Gasteiger partial charge in [0.15, 0.2) is 0 Å². The molecule has 182 valence electrons. The minimum atomic E-state index is -4.00. The van der Waals surface area contributed by atoms with Crippen LogP contribution in [0.4, 0.5) is 0 Å². The summed E-state index contributed by atoms with van der Waals surface area (Å²) >= 11 is 0. The van der Waals surface area contributed by atoms with E-state index in [1.807, 2.05) is 77.5 Å². The molecule has 0 saturated carbocycles. The number of nitrogens with zero attached hydrogens (tertiary/aromatic N) is 2. The van der Waals surface area contributed by atoms with Crippen LogP contribution in [0.5, 0.6) is 0 Å². The van der Waals surface area contributed by atoms with Crippen LogP contribution in [0.2, 0.25) is 0 Å². The van der Waals surface area contributed by atoms with E-state index in [-0.39, 0.29) is 11.5 Å². The van der Waals surface area contributed by atoms with Crippen LogP contribution >= 0.6 is 0 Å². The van der Waals surface area contributed by atoms with Crippen molar-refractivity contribution in [2.75, 3.05) is 13.7 Å². The standard InChI is InChI=1S/C28H24N2O5S/c1-33-36(31,32)26-14-13-21-8-3-5-11-23(21)27(26)25-17-34-28(35-25,18-30-16-15-29-19-30)24-12-6-9-20-7-2-4-10-22(20)24/h2-16,19,25H,17-18H2,1H3/t25-,28-/m0/s1. The van der Waals surface area contributed by atoms with Crippen molar-refractivity contribution in [1.29, 1.82) is 0 Å². The van der Waals surface area contributed by atoms with Gasteiger partial charge in [0, 0.05) is 23.5 Å². The zero-order chi connectivity index (χ0) is 24.8. The van der Waals surface area contributed by atoms with Crippen LogP contribution in [0.25, 0.3) is 21.5 Å². The van der Waals surface area contributed by atoms with Crippen molar-refractivity contribution < 1.29 is 22.1 Å². The predicted molar refractivity (Wildman–Crippen MR) is 136 cm³/mol. The van der Waals surface area contributed by atoms with Crippen molar-refractivity contribution in [2.24, 2.45) is 0 Å². The van der Waals surface area contributed by atoms with Gasteiger partial charge in [0.25, 0.3) is 10.1 Å². The highest BCUT2D eigenvalue weighted by molar-refractivity contribution is 7.86. The molecule has 0 unspecified atom stereocenters. The Bertz CT molecular complexity index is 1660. The van der Waals surface area contributed by atoms with Gasteiger partial charge in [0.05, 0.1) is 26.6 Å². The first kappa shape index (κ1) is 22.9. The highest BCUT2D eigenvalue weighted by Gasteiger charge is 2.46. The molecule has 1 fully saturated rings. The number of fused-ring (bicyclic) bond motifs is 2. The molecule has 2 atom stereocenters. The Morgan fingerprint density at radius 2 is 1.69 bits per heavy atom. The van der Waals surface area contributed by atoms with E-state index >= 15 is 0 Å². The monoisotopic (exact) mass is 500 g/mol. The van der Waals surface area contributed by atoms with E-state index in [0.29, 0.717) is 12.1 Å². The van der Waals surface area contributed by atoms with Crippen LogP contribution in [-0.4, -0.2) is 31.7 Å². The van der Waals surface area contributed by atoms with E-state index in [4.69, 9.17) is 13.7 Å². The first-order chi connectivity index (χ1) is 17.5. The fourth-order valence-electron chi connectivity index (χ4n) is 5.05. The zero-order valence-electron chi connectivity index (χ0n) is 19.6. The maximum atomic E-state index is 13.0. The number of aromatic nitrogens is 2. The molecular weight excluding hydrogens is 476 g/mol. The molecular formula is C28H24N2O5S. The quantitative estimate of drug-likeness (QED) is 0.300. The maximum Gasteiger partial charge on any atom is 0.297 e. The van der Waals surface area contributed by atoms with Crippen LogP contribution in [0.15, 0.2) is 102 Å². The molecule has 0 amide bonds. The Hall–Kier alpha value is -3.56. The number of ether oxygens (including phenoxy) is 2. The summed E-state index contributed by atoms with van der Waals surface area (Å²) in [4.78, 5) is 4.26. The van der Waals surface area contributed by atoms with E-state index in [9.17, 15) is 8.42 Å². The summed E-state index contributed by atoms with van der Waals surface area (Å²) in [6.45, 7) is 0.507. The Balaban J connectivity index is 1.54. The van der Waals surface area contributed by atoms with Crippen molar-refractivity contribution >= 4 is 31.7 Å². The summed E-state index contributed by atoms with van der Waals surface area (Å²) in [5.74, 6) is -1.17. The topological polar surface area (TPSA) is 79.7 Å². The summed E-state index contributed by atoms with van der Waals surface area (Å²) in [6.07, 6.45) is 4.62. The molecule has 6 rings (SSSR count). The molecule has 0 aliphatic carbocycles. The van der Waals surface area contributed by atoms with Crippen molar-refractivity contribution in [3.05, 3.63) is 109 Å². The first-order valence-electron chi connectivity index (χ1n) is 11.6. The van der Waals surface area contributed by atoms with Crippen LogP contribution in [-0.2, 0) is 36.1 Å². The highest BCUT2D eigenvalue weighted by atomic mass is 32.2. The van der Waals surface area contributed by atoms with Gasteiger partial charge < -0.3 is 14.0 Å². The van der Waals surface area contributed by atoms with Gasteiger partial charge in [-0.3, -0.25) is 4.18 Å². The lowest BCUT2D eigenvalue weighted by molar-refractivity contribution is -0.186. The van der Waals surface area contributed by atoms with Gasteiger partial charge in [-0.25, -0.2) is 4.98 Å². The predicted octanol–water partition coefficient (Wildman–Crippen LogP) is 5.17. The largest absolute Gasteiger partial charge is 0.341 e. The number of rotatable bonds is 6. The summed E-state index contributed by atoms with van der Waals surface area (Å²) in [6, 6.07) is 25.1. The second kappa shape index (κ2) is 8.83. The summed E-state index contributed by atoms with van der Waals surface area (Å²) < 4.78 is 46.0. The minimum Gasteiger partial charge on any atom is -0.341 e. The molecule has 1 aliphatic heterocycles. The highest BCUT2D eigenvalue weighted by Crippen LogP contribution is 2.46.